The number of amidine groups is 1. The lowest BCUT2D eigenvalue weighted by atomic mass is 10.2. The van der Waals surface area contributed by atoms with E-state index in [-0.39, 0.29) is 15.9 Å². The monoisotopic (exact) mass is 250 g/mol. The SMILES string of the molecule is N/C(=N/O)c1cc(F)c(F)cc1Br. The summed E-state index contributed by atoms with van der Waals surface area (Å²) in [5.41, 5.74) is 5.29. The number of halogens is 3. The van der Waals surface area contributed by atoms with Crippen LogP contribution in [0.3, 0.4) is 0 Å². The fourth-order valence-corrected chi connectivity index (χ4v) is 1.29. The molecule has 0 aromatic heterocycles. The van der Waals surface area contributed by atoms with E-state index in [1.807, 2.05) is 0 Å². The van der Waals surface area contributed by atoms with Gasteiger partial charge in [0, 0.05) is 10.0 Å². The summed E-state index contributed by atoms with van der Waals surface area (Å²) < 4.78 is 25.5. The minimum Gasteiger partial charge on any atom is -0.409 e. The van der Waals surface area contributed by atoms with Crippen LogP contribution in [0, 0.1) is 11.6 Å². The molecule has 0 heterocycles. The summed E-state index contributed by atoms with van der Waals surface area (Å²) in [4.78, 5) is 0. The minimum absolute atomic E-state index is 0.0985. The first-order valence-corrected chi connectivity index (χ1v) is 3.98. The molecule has 0 spiro atoms. The molecule has 13 heavy (non-hydrogen) atoms. The second-order valence-electron chi connectivity index (χ2n) is 2.23. The van der Waals surface area contributed by atoms with Crippen LogP contribution >= 0.6 is 15.9 Å². The van der Waals surface area contributed by atoms with E-state index in [9.17, 15) is 8.78 Å². The van der Waals surface area contributed by atoms with Crippen molar-refractivity contribution in [3.05, 3.63) is 33.8 Å². The molecule has 0 aliphatic heterocycles. The largest absolute Gasteiger partial charge is 0.409 e. The Kier molecular flexibility index (Phi) is 2.82. The molecule has 0 saturated carbocycles. The van der Waals surface area contributed by atoms with Crippen LogP contribution in [0.2, 0.25) is 0 Å². The molecule has 0 bridgehead atoms. The maximum absolute atomic E-state index is 12.7. The highest BCUT2D eigenvalue weighted by Gasteiger charge is 2.10. The summed E-state index contributed by atoms with van der Waals surface area (Å²) in [6.07, 6.45) is 0. The minimum atomic E-state index is -1.05. The van der Waals surface area contributed by atoms with Crippen LogP contribution in [-0.4, -0.2) is 11.0 Å². The smallest absolute Gasteiger partial charge is 0.171 e. The van der Waals surface area contributed by atoms with E-state index in [1.54, 1.807) is 0 Å². The van der Waals surface area contributed by atoms with Gasteiger partial charge in [0.2, 0.25) is 0 Å². The first-order valence-electron chi connectivity index (χ1n) is 3.18. The zero-order valence-electron chi connectivity index (χ0n) is 6.26. The Balaban J connectivity index is 3.32. The molecule has 0 atom stereocenters. The number of rotatable bonds is 1. The van der Waals surface area contributed by atoms with Crippen LogP contribution in [-0.2, 0) is 0 Å². The first kappa shape index (κ1) is 9.91. The normalized spacial score (nSPS) is 11.8. The molecule has 0 radical (unpaired) electrons. The molecule has 0 aliphatic carbocycles. The van der Waals surface area contributed by atoms with Crippen LogP contribution < -0.4 is 5.73 Å². The summed E-state index contributed by atoms with van der Waals surface area (Å²) in [6, 6.07) is 1.75. The van der Waals surface area contributed by atoms with Crippen LogP contribution in [0.15, 0.2) is 21.8 Å². The molecule has 3 N–H and O–H groups in total. The van der Waals surface area contributed by atoms with Gasteiger partial charge >= 0.3 is 0 Å². The molecule has 6 heteroatoms. The zero-order valence-corrected chi connectivity index (χ0v) is 7.85. The predicted octanol–water partition coefficient (Wildman–Crippen LogP) is 1.82. The van der Waals surface area contributed by atoms with Gasteiger partial charge in [0.1, 0.15) is 0 Å². The Hall–Kier alpha value is -1.17. The van der Waals surface area contributed by atoms with E-state index >= 15 is 0 Å². The Labute approximate surface area is 81.0 Å². The second kappa shape index (κ2) is 3.69. The van der Waals surface area contributed by atoms with Crippen LogP contribution in [0.4, 0.5) is 8.78 Å². The molecule has 0 unspecified atom stereocenters. The molecule has 70 valence electrons. The number of nitrogens with two attached hydrogens (primary N) is 1. The number of benzene rings is 1. The van der Waals surface area contributed by atoms with E-state index in [0.717, 1.165) is 12.1 Å². The molecule has 1 rings (SSSR count). The molecular weight excluding hydrogens is 246 g/mol. The van der Waals surface area contributed by atoms with Gasteiger partial charge in [-0.2, -0.15) is 0 Å². The fraction of sp³-hybridized carbons (Fsp3) is 0. The Morgan fingerprint density at radius 1 is 1.38 bits per heavy atom. The third-order valence-corrected chi connectivity index (χ3v) is 2.05. The molecule has 0 aliphatic rings. The highest BCUT2D eigenvalue weighted by molar-refractivity contribution is 9.10. The van der Waals surface area contributed by atoms with E-state index in [1.165, 1.54) is 0 Å². The molecule has 1 aromatic rings. The lowest BCUT2D eigenvalue weighted by Gasteiger charge is -2.02. The third-order valence-electron chi connectivity index (χ3n) is 1.39. The summed E-state index contributed by atoms with van der Waals surface area (Å²) >= 11 is 2.94. The number of hydrogen-bond acceptors (Lipinski definition) is 2. The van der Waals surface area contributed by atoms with Crippen molar-refractivity contribution in [2.45, 2.75) is 0 Å². The van der Waals surface area contributed by atoms with Crippen molar-refractivity contribution >= 4 is 21.8 Å². The van der Waals surface area contributed by atoms with Gasteiger partial charge in [-0.1, -0.05) is 5.16 Å². The van der Waals surface area contributed by atoms with Crippen molar-refractivity contribution in [2.24, 2.45) is 10.9 Å². The Morgan fingerprint density at radius 3 is 2.46 bits per heavy atom. The number of hydrogen-bond donors (Lipinski definition) is 2. The third kappa shape index (κ3) is 1.95. The topological polar surface area (TPSA) is 58.6 Å². The molecular formula is C7H5BrF2N2O. The molecule has 0 fully saturated rings. The second-order valence-corrected chi connectivity index (χ2v) is 3.09. The van der Waals surface area contributed by atoms with Crippen LogP contribution in [0.5, 0.6) is 0 Å². The van der Waals surface area contributed by atoms with Gasteiger partial charge in [-0.15, -0.1) is 0 Å². The quantitative estimate of drug-likeness (QED) is 0.263. The lowest BCUT2D eigenvalue weighted by Crippen LogP contribution is -2.14. The average molecular weight is 251 g/mol. The van der Waals surface area contributed by atoms with Crippen molar-refractivity contribution in [2.75, 3.05) is 0 Å². The fourth-order valence-electron chi connectivity index (χ4n) is 0.773. The molecule has 0 amide bonds. The summed E-state index contributed by atoms with van der Waals surface area (Å²) in [5.74, 6) is -2.34. The van der Waals surface area contributed by atoms with Gasteiger partial charge in [-0.05, 0) is 28.1 Å². The van der Waals surface area contributed by atoms with Crippen molar-refractivity contribution in [3.8, 4) is 0 Å². The van der Waals surface area contributed by atoms with Crippen LogP contribution in [0.25, 0.3) is 0 Å². The van der Waals surface area contributed by atoms with Crippen LogP contribution in [0.1, 0.15) is 5.56 Å². The van der Waals surface area contributed by atoms with Gasteiger partial charge in [0.15, 0.2) is 17.5 Å². The highest BCUT2D eigenvalue weighted by Crippen LogP contribution is 2.20. The van der Waals surface area contributed by atoms with Crippen molar-refractivity contribution < 1.29 is 14.0 Å². The van der Waals surface area contributed by atoms with E-state index in [2.05, 4.69) is 21.1 Å². The first-order chi connectivity index (χ1) is 6.06. The number of oxime groups is 1. The lowest BCUT2D eigenvalue weighted by molar-refractivity contribution is 0.318. The average Bonchev–Trinajstić information content (AvgIpc) is 2.10. The predicted molar refractivity (Wildman–Crippen MR) is 46.6 cm³/mol. The van der Waals surface area contributed by atoms with Gasteiger partial charge < -0.3 is 10.9 Å². The standard InChI is InChI=1S/C7H5BrF2N2O/c8-4-2-6(10)5(9)1-3(4)7(11)12-13/h1-2,13H,(H2,11,12). The van der Waals surface area contributed by atoms with E-state index in [0.29, 0.717) is 0 Å². The zero-order chi connectivity index (χ0) is 10.0. The number of nitrogens with zero attached hydrogens (tertiary/aromatic N) is 1. The summed E-state index contributed by atoms with van der Waals surface area (Å²) in [7, 11) is 0. The molecule has 1 aromatic carbocycles. The maximum atomic E-state index is 12.7. The summed E-state index contributed by atoms with van der Waals surface area (Å²) in [5, 5.41) is 11.0. The van der Waals surface area contributed by atoms with Gasteiger partial charge in [-0.3, -0.25) is 0 Å². The van der Waals surface area contributed by atoms with Crippen molar-refractivity contribution in [1.29, 1.82) is 0 Å². The Bertz CT molecular complexity index is 368. The van der Waals surface area contributed by atoms with Gasteiger partial charge in [0.25, 0.3) is 0 Å². The van der Waals surface area contributed by atoms with E-state index < -0.39 is 11.6 Å². The molecule has 3 nitrogen and oxygen atoms in total. The van der Waals surface area contributed by atoms with Crippen molar-refractivity contribution in [3.63, 3.8) is 0 Å². The maximum Gasteiger partial charge on any atom is 0.171 e. The highest BCUT2D eigenvalue weighted by atomic mass is 79.9. The Morgan fingerprint density at radius 2 is 1.92 bits per heavy atom. The van der Waals surface area contributed by atoms with Crippen molar-refractivity contribution in [1.82, 2.24) is 0 Å². The van der Waals surface area contributed by atoms with Gasteiger partial charge in [-0.25, -0.2) is 8.78 Å². The summed E-state index contributed by atoms with van der Waals surface area (Å²) in [6.45, 7) is 0. The van der Waals surface area contributed by atoms with Gasteiger partial charge in [0.05, 0.1) is 0 Å². The van der Waals surface area contributed by atoms with E-state index in [4.69, 9.17) is 10.9 Å². The molecule has 0 saturated heterocycles.